The van der Waals surface area contributed by atoms with Gasteiger partial charge < -0.3 is 14.7 Å². The second kappa shape index (κ2) is 7.19. The van der Waals surface area contributed by atoms with E-state index in [0.29, 0.717) is 11.4 Å². The first-order chi connectivity index (χ1) is 10.1. The highest BCUT2D eigenvalue weighted by atomic mass is 32.1. The predicted octanol–water partition coefficient (Wildman–Crippen LogP) is 2.52. The van der Waals surface area contributed by atoms with Crippen molar-refractivity contribution in [1.29, 1.82) is 0 Å². The molecule has 0 aliphatic rings. The van der Waals surface area contributed by atoms with Crippen LogP contribution in [0.2, 0.25) is 0 Å². The highest BCUT2D eigenvalue weighted by molar-refractivity contribution is 7.13. The second-order valence-corrected chi connectivity index (χ2v) is 5.93. The average Bonchev–Trinajstić information content (AvgIpc) is 2.87. The minimum atomic E-state index is -0.949. The molecule has 2 aromatic rings. The van der Waals surface area contributed by atoms with E-state index in [9.17, 15) is 9.90 Å². The number of aromatic carboxylic acids is 1. The van der Waals surface area contributed by atoms with Gasteiger partial charge in [-0.3, -0.25) is 0 Å². The van der Waals surface area contributed by atoms with Gasteiger partial charge in [0, 0.05) is 13.0 Å². The largest absolute Gasteiger partial charge is 0.487 e. The Kier molecular flexibility index (Phi) is 5.30. The van der Waals surface area contributed by atoms with Gasteiger partial charge in [0.1, 0.15) is 22.9 Å². The number of carboxylic acid groups (broad SMARTS) is 1. The van der Waals surface area contributed by atoms with E-state index in [1.807, 2.05) is 49.3 Å². The highest BCUT2D eigenvalue weighted by Gasteiger charge is 2.17. The van der Waals surface area contributed by atoms with Crippen LogP contribution in [0.4, 0.5) is 0 Å². The maximum atomic E-state index is 11.3. The van der Waals surface area contributed by atoms with Crippen molar-refractivity contribution in [2.45, 2.75) is 13.0 Å². The van der Waals surface area contributed by atoms with Gasteiger partial charge in [-0.05, 0) is 26.2 Å². The van der Waals surface area contributed by atoms with Crippen molar-refractivity contribution in [3.63, 3.8) is 0 Å². The van der Waals surface area contributed by atoms with E-state index in [1.54, 1.807) is 0 Å². The summed E-state index contributed by atoms with van der Waals surface area (Å²) in [5, 5.41) is 10.1. The molecule has 0 amide bonds. The molecule has 0 atom stereocenters. The number of hydrogen-bond acceptors (Lipinski definition) is 5. The van der Waals surface area contributed by atoms with Crippen LogP contribution in [0, 0.1) is 0 Å². The number of carboxylic acids is 1. The standard InChI is InChI=1S/C15H18N2O3S/c1-17(2)9-8-13-16-12(14(21-13)15(18)19)10-20-11-6-4-3-5-7-11/h3-7H,8-10H2,1-2H3,(H,18,19). The number of likely N-dealkylation sites (N-methyl/N-ethyl adjacent to an activating group) is 1. The molecule has 1 aromatic heterocycles. The van der Waals surface area contributed by atoms with Crippen molar-refractivity contribution < 1.29 is 14.6 Å². The molecule has 0 fully saturated rings. The molecular weight excluding hydrogens is 288 g/mol. The number of rotatable bonds is 7. The first kappa shape index (κ1) is 15.5. The summed E-state index contributed by atoms with van der Waals surface area (Å²) in [4.78, 5) is 18.0. The van der Waals surface area contributed by atoms with Crippen LogP contribution in [0.25, 0.3) is 0 Å². The fourth-order valence-corrected chi connectivity index (χ4v) is 2.65. The molecular formula is C15H18N2O3S. The van der Waals surface area contributed by atoms with Crippen LogP contribution in [0.1, 0.15) is 20.4 Å². The van der Waals surface area contributed by atoms with Crippen molar-refractivity contribution >= 4 is 17.3 Å². The van der Waals surface area contributed by atoms with Crippen molar-refractivity contribution in [1.82, 2.24) is 9.88 Å². The Labute approximate surface area is 127 Å². The molecule has 1 aromatic carbocycles. The number of benzene rings is 1. The van der Waals surface area contributed by atoms with E-state index in [-0.39, 0.29) is 11.5 Å². The fraction of sp³-hybridized carbons (Fsp3) is 0.333. The Morgan fingerprint density at radius 2 is 2.05 bits per heavy atom. The molecule has 21 heavy (non-hydrogen) atoms. The summed E-state index contributed by atoms with van der Waals surface area (Å²) < 4.78 is 5.59. The summed E-state index contributed by atoms with van der Waals surface area (Å²) in [6.07, 6.45) is 0.739. The number of aromatic nitrogens is 1. The van der Waals surface area contributed by atoms with Gasteiger partial charge in [-0.2, -0.15) is 0 Å². The Morgan fingerprint density at radius 3 is 2.67 bits per heavy atom. The number of nitrogens with zero attached hydrogens (tertiary/aromatic N) is 2. The molecule has 0 unspecified atom stereocenters. The van der Waals surface area contributed by atoms with Gasteiger partial charge in [-0.25, -0.2) is 9.78 Å². The topological polar surface area (TPSA) is 62.7 Å². The Balaban J connectivity index is 2.08. The maximum Gasteiger partial charge on any atom is 0.347 e. The lowest BCUT2D eigenvalue weighted by molar-refractivity contribution is 0.0699. The normalized spacial score (nSPS) is 10.8. The van der Waals surface area contributed by atoms with Crippen LogP contribution < -0.4 is 4.74 Å². The van der Waals surface area contributed by atoms with Crippen molar-refractivity contribution in [3.8, 4) is 5.75 Å². The molecule has 1 N–H and O–H groups in total. The first-order valence-electron chi connectivity index (χ1n) is 6.60. The number of ether oxygens (including phenoxy) is 1. The lowest BCUT2D eigenvalue weighted by Gasteiger charge is -2.06. The minimum absolute atomic E-state index is 0.171. The quantitative estimate of drug-likeness (QED) is 0.851. The van der Waals surface area contributed by atoms with E-state index in [1.165, 1.54) is 11.3 Å². The van der Waals surface area contributed by atoms with E-state index in [2.05, 4.69) is 4.98 Å². The monoisotopic (exact) mass is 306 g/mol. The molecule has 2 rings (SSSR count). The van der Waals surface area contributed by atoms with E-state index in [0.717, 1.165) is 18.0 Å². The average molecular weight is 306 g/mol. The van der Waals surface area contributed by atoms with Gasteiger partial charge in [-0.15, -0.1) is 11.3 Å². The molecule has 0 aliphatic carbocycles. The molecule has 0 spiro atoms. The maximum absolute atomic E-state index is 11.3. The highest BCUT2D eigenvalue weighted by Crippen LogP contribution is 2.21. The molecule has 1 heterocycles. The molecule has 0 bridgehead atoms. The van der Waals surface area contributed by atoms with Crippen LogP contribution in [0.3, 0.4) is 0 Å². The fourth-order valence-electron chi connectivity index (χ4n) is 1.76. The number of hydrogen-bond donors (Lipinski definition) is 1. The smallest absolute Gasteiger partial charge is 0.347 e. The molecule has 5 nitrogen and oxygen atoms in total. The molecule has 0 saturated heterocycles. The Hall–Kier alpha value is -1.92. The Morgan fingerprint density at radius 1 is 1.33 bits per heavy atom. The Bertz CT molecular complexity index is 596. The summed E-state index contributed by atoms with van der Waals surface area (Å²) in [5.41, 5.74) is 0.491. The molecule has 112 valence electrons. The molecule has 6 heteroatoms. The van der Waals surface area contributed by atoms with Crippen molar-refractivity contribution in [2.75, 3.05) is 20.6 Å². The van der Waals surface area contributed by atoms with Gasteiger partial charge >= 0.3 is 5.97 Å². The summed E-state index contributed by atoms with van der Waals surface area (Å²) in [6.45, 7) is 1.01. The van der Waals surface area contributed by atoms with Gasteiger partial charge in [0.05, 0.1) is 5.01 Å². The van der Waals surface area contributed by atoms with Crippen LogP contribution in [-0.4, -0.2) is 41.6 Å². The number of carbonyl (C=O) groups is 1. The van der Waals surface area contributed by atoms with Crippen molar-refractivity contribution in [3.05, 3.63) is 45.9 Å². The lowest BCUT2D eigenvalue weighted by Crippen LogP contribution is -2.14. The van der Waals surface area contributed by atoms with Crippen LogP contribution >= 0.6 is 11.3 Å². The third-order valence-corrected chi connectivity index (χ3v) is 3.97. The molecule has 0 saturated carbocycles. The van der Waals surface area contributed by atoms with Crippen LogP contribution in [0.5, 0.6) is 5.75 Å². The van der Waals surface area contributed by atoms with Crippen LogP contribution in [0.15, 0.2) is 30.3 Å². The summed E-state index contributed by atoms with van der Waals surface area (Å²) in [6, 6.07) is 9.31. The van der Waals surface area contributed by atoms with Gasteiger partial charge in [0.15, 0.2) is 0 Å². The number of para-hydroxylation sites is 1. The van der Waals surface area contributed by atoms with Crippen molar-refractivity contribution in [2.24, 2.45) is 0 Å². The third-order valence-electron chi connectivity index (χ3n) is 2.83. The zero-order chi connectivity index (χ0) is 15.2. The third kappa shape index (κ3) is 4.54. The van der Waals surface area contributed by atoms with Gasteiger partial charge in [0.2, 0.25) is 0 Å². The number of thiazole rings is 1. The molecule has 0 radical (unpaired) electrons. The van der Waals surface area contributed by atoms with E-state index in [4.69, 9.17) is 4.74 Å². The van der Waals surface area contributed by atoms with Crippen LogP contribution in [-0.2, 0) is 13.0 Å². The lowest BCUT2D eigenvalue weighted by atomic mass is 10.3. The second-order valence-electron chi connectivity index (χ2n) is 4.84. The SMILES string of the molecule is CN(C)CCc1nc(COc2ccccc2)c(C(=O)O)s1. The summed E-state index contributed by atoms with van der Waals surface area (Å²) >= 11 is 1.23. The summed E-state index contributed by atoms with van der Waals surface area (Å²) in [5.74, 6) is -0.244. The van der Waals surface area contributed by atoms with E-state index < -0.39 is 5.97 Å². The summed E-state index contributed by atoms with van der Waals surface area (Å²) in [7, 11) is 3.95. The minimum Gasteiger partial charge on any atom is -0.487 e. The van der Waals surface area contributed by atoms with Gasteiger partial charge in [0.25, 0.3) is 0 Å². The van der Waals surface area contributed by atoms with E-state index >= 15 is 0 Å². The molecule has 0 aliphatic heterocycles. The predicted molar refractivity (Wildman–Crippen MR) is 82.1 cm³/mol. The zero-order valence-corrected chi connectivity index (χ0v) is 12.9. The first-order valence-corrected chi connectivity index (χ1v) is 7.42. The zero-order valence-electron chi connectivity index (χ0n) is 12.1. The van der Waals surface area contributed by atoms with Gasteiger partial charge in [-0.1, -0.05) is 18.2 Å².